The summed E-state index contributed by atoms with van der Waals surface area (Å²) in [6.45, 7) is 1.53. The Morgan fingerprint density at radius 3 is 2.86 bits per heavy atom. The molecule has 4 nitrogen and oxygen atoms in total. The van der Waals surface area contributed by atoms with Gasteiger partial charge in [-0.15, -0.1) is 11.3 Å². The Hall–Kier alpha value is -1.75. The van der Waals surface area contributed by atoms with Crippen LogP contribution >= 0.6 is 11.3 Å². The topological polar surface area (TPSA) is 46.1 Å². The summed E-state index contributed by atoms with van der Waals surface area (Å²) in [7, 11) is 0. The summed E-state index contributed by atoms with van der Waals surface area (Å²) >= 11 is 1.51. The maximum atomic E-state index is 12.5. The van der Waals surface area contributed by atoms with Gasteiger partial charge in [0, 0.05) is 31.1 Å². The van der Waals surface area contributed by atoms with E-state index in [0.717, 1.165) is 36.5 Å². The average Bonchev–Trinajstić information content (AvgIpc) is 3.25. The SMILES string of the molecule is O=C(c1cccs1)N1CCc2ncnc(C3CC3)c2CC1. The Kier molecular flexibility index (Phi) is 3.22. The van der Waals surface area contributed by atoms with E-state index >= 15 is 0 Å². The third-order valence-corrected chi connectivity index (χ3v) is 5.16. The number of hydrogen-bond acceptors (Lipinski definition) is 4. The van der Waals surface area contributed by atoms with Crippen LogP contribution in [0.4, 0.5) is 0 Å². The summed E-state index contributed by atoms with van der Waals surface area (Å²) in [6, 6.07) is 3.83. The Bertz CT molecular complexity index is 664. The molecule has 2 aliphatic rings. The second-order valence-corrected chi connectivity index (χ2v) is 6.68. The molecule has 0 atom stereocenters. The number of hydrogen-bond donors (Lipinski definition) is 0. The van der Waals surface area contributed by atoms with Gasteiger partial charge in [-0.2, -0.15) is 0 Å². The molecule has 5 heteroatoms. The van der Waals surface area contributed by atoms with Crippen LogP contribution in [0.3, 0.4) is 0 Å². The van der Waals surface area contributed by atoms with Crippen molar-refractivity contribution in [3.8, 4) is 0 Å². The zero-order valence-electron chi connectivity index (χ0n) is 11.8. The van der Waals surface area contributed by atoms with E-state index in [2.05, 4.69) is 9.97 Å². The molecule has 0 bridgehead atoms. The molecule has 0 spiro atoms. The number of amides is 1. The minimum absolute atomic E-state index is 0.152. The molecular weight excluding hydrogens is 282 g/mol. The van der Waals surface area contributed by atoms with E-state index in [1.54, 1.807) is 6.33 Å². The maximum absolute atomic E-state index is 12.5. The quantitative estimate of drug-likeness (QED) is 0.856. The van der Waals surface area contributed by atoms with E-state index in [-0.39, 0.29) is 5.91 Å². The number of nitrogens with zero attached hydrogens (tertiary/aromatic N) is 3. The molecule has 4 rings (SSSR count). The number of thiophene rings is 1. The lowest BCUT2D eigenvalue weighted by molar-refractivity contribution is 0.0767. The molecule has 0 unspecified atom stereocenters. The van der Waals surface area contributed by atoms with Gasteiger partial charge >= 0.3 is 0 Å². The van der Waals surface area contributed by atoms with Gasteiger partial charge in [-0.1, -0.05) is 6.07 Å². The summed E-state index contributed by atoms with van der Waals surface area (Å²) < 4.78 is 0. The van der Waals surface area contributed by atoms with Crippen molar-refractivity contribution < 1.29 is 4.79 Å². The van der Waals surface area contributed by atoms with Gasteiger partial charge in [0.15, 0.2) is 0 Å². The number of fused-ring (bicyclic) bond motifs is 1. The largest absolute Gasteiger partial charge is 0.337 e. The molecule has 1 fully saturated rings. The van der Waals surface area contributed by atoms with Crippen LogP contribution in [0.2, 0.25) is 0 Å². The van der Waals surface area contributed by atoms with E-state index in [1.807, 2.05) is 22.4 Å². The second kappa shape index (κ2) is 5.22. The van der Waals surface area contributed by atoms with Crippen molar-refractivity contribution in [3.05, 3.63) is 45.7 Å². The van der Waals surface area contributed by atoms with Crippen LogP contribution in [0.25, 0.3) is 0 Å². The highest BCUT2D eigenvalue weighted by atomic mass is 32.1. The highest BCUT2D eigenvalue weighted by Gasteiger charge is 2.30. The molecule has 21 heavy (non-hydrogen) atoms. The van der Waals surface area contributed by atoms with Crippen LogP contribution in [0.15, 0.2) is 23.8 Å². The summed E-state index contributed by atoms with van der Waals surface area (Å²) in [5, 5.41) is 1.95. The third-order valence-electron chi connectivity index (χ3n) is 4.30. The minimum atomic E-state index is 0.152. The fraction of sp³-hybridized carbons (Fsp3) is 0.438. The standard InChI is InChI=1S/C16H17N3OS/c20-16(14-2-1-9-21-14)19-7-5-12-13(6-8-19)17-10-18-15(12)11-3-4-11/h1-2,9-11H,3-8H2. The number of carbonyl (C=O) groups excluding carboxylic acids is 1. The van der Waals surface area contributed by atoms with E-state index in [4.69, 9.17) is 0 Å². The first-order chi connectivity index (χ1) is 10.3. The van der Waals surface area contributed by atoms with Crippen molar-refractivity contribution >= 4 is 17.2 Å². The first kappa shape index (κ1) is 13.0. The van der Waals surface area contributed by atoms with E-state index in [1.165, 1.54) is 35.4 Å². The van der Waals surface area contributed by atoms with Gasteiger partial charge in [-0.3, -0.25) is 4.79 Å². The highest BCUT2D eigenvalue weighted by Crippen LogP contribution is 2.41. The fourth-order valence-corrected chi connectivity index (χ4v) is 3.71. The van der Waals surface area contributed by atoms with E-state index < -0.39 is 0 Å². The second-order valence-electron chi connectivity index (χ2n) is 5.73. The Morgan fingerprint density at radius 1 is 1.24 bits per heavy atom. The Morgan fingerprint density at radius 2 is 2.10 bits per heavy atom. The summed E-state index contributed by atoms with van der Waals surface area (Å²) in [6.07, 6.45) is 5.93. The van der Waals surface area contributed by atoms with Crippen molar-refractivity contribution in [2.24, 2.45) is 0 Å². The van der Waals surface area contributed by atoms with Gasteiger partial charge in [-0.25, -0.2) is 9.97 Å². The number of rotatable bonds is 2. The van der Waals surface area contributed by atoms with E-state index in [0.29, 0.717) is 5.92 Å². The summed E-state index contributed by atoms with van der Waals surface area (Å²) in [5.41, 5.74) is 3.69. The molecule has 1 saturated carbocycles. The lowest BCUT2D eigenvalue weighted by Crippen LogP contribution is -2.32. The van der Waals surface area contributed by atoms with Gasteiger partial charge in [0.2, 0.25) is 0 Å². The zero-order valence-corrected chi connectivity index (χ0v) is 12.6. The van der Waals surface area contributed by atoms with Crippen LogP contribution in [0.1, 0.15) is 45.4 Å². The van der Waals surface area contributed by atoms with Gasteiger partial charge in [0.25, 0.3) is 5.91 Å². The van der Waals surface area contributed by atoms with Gasteiger partial charge in [-0.05, 0) is 36.3 Å². The molecule has 1 amide bonds. The first-order valence-corrected chi connectivity index (χ1v) is 8.36. The Balaban J connectivity index is 1.57. The molecule has 2 aromatic rings. The Labute approximate surface area is 127 Å². The molecule has 2 aromatic heterocycles. The predicted octanol–water partition coefficient (Wildman–Crippen LogP) is 2.66. The first-order valence-electron chi connectivity index (χ1n) is 7.48. The average molecular weight is 299 g/mol. The molecule has 0 aromatic carbocycles. The monoisotopic (exact) mass is 299 g/mol. The summed E-state index contributed by atoms with van der Waals surface area (Å²) in [5.74, 6) is 0.792. The van der Waals surface area contributed by atoms with Gasteiger partial charge < -0.3 is 4.90 Å². The highest BCUT2D eigenvalue weighted by molar-refractivity contribution is 7.12. The maximum Gasteiger partial charge on any atom is 0.263 e. The predicted molar refractivity (Wildman–Crippen MR) is 81.6 cm³/mol. The molecule has 1 aliphatic heterocycles. The van der Waals surface area contributed by atoms with Crippen LogP contribution in [0.5, 0.6) is 0 Å². The van der Waals surface area contributed by atoms with Crippen molar-refractivity contribution in [1.82, 2.24) is 14.9 Å². The number of aromatic nitrogens is 2. The van der Waals surface area contributed by atoms with Crippen molar-refractivity contribution in [2.75, 3.05) is 13.1 Å². The van der Waals surface area contributed by atoms with E-state index in [9.17, 15) is 4.79 Å². The minimum Gasteiger partial charge on any atom is -0.337 e. The third kappa shape index (κ3) is 2.46. The van der Waals surface area contributed by atoms with Gasteiger partial charge in [0.05, 0.1) is 10.6 Å². The fourth-order valence-electron chi connectivity index (χ4n) is 3.02. The number of carbonyl (C=O) groups is 1. The molecule has 3 heterocycles. The van der Waals surface area contributed by atoms with Crippen LogP contribution < -0.4 is 0 Å². The van der Waals surface area contributed by atoms with Crippen molar-refractivity contribution in [1.29, 1.82) is 0 Å². The molecule has 0 saturated heterocycles. The normalized spacial score (nSPS) is 18.2. The van der Waals surface area contributed by atoms with Crippen LogP contribution in [0, 0.1) is 0 Å². The lowest BCUT2D eigenvalue weighted by Gasteiger charge is -2.19. The summed E-state index contributed by atoms with van der Waals surface area (Å²) in [4.78, 5) is 24.2. The lowest BCUT2D eigenvalue weighted by atomic mass is 10.0. The molecule has 0 N–H and O–H groups in total. The van der Waals surface area contributed by atoms with Crippen LogP contribution in [-0.2, 0) is 12.8 Å². The van der Waals surface area contributed by atoms with Crippen molar-refractivity contribution in [3.63, 3.8) is 0 Å². The molecule has 0 radical (unpaired) electrons. The molecule has 108 valence electrons. The molecule has 1 aliphatic carbocycles. The van der Waals surface area contributed by atoms with Crippen molar-refractivity contribution in [2.45, 2.75) is 31.6 Å². The van der Waals surface area contributed by atoms with Crippen LogP contribution in [-0.4, -0.2) is 33.9 Å². The van der Waals surface area contributed by atoms with Gasteiger partial charge in [0.1, 0.15) is 6.33 Å². The molecular formula is C16H17N3OS. The zero-order chi connectivity index (χ0) is 14.2. The smallest absolute Gasteiger partial charge is 0.263 e.